The van der Waals surface area contributed by atoms with Gasteiger partial charge in [-0.3, -0.25) is 4.98 Å². The summed E-state index contributed by atoms with van der Waals surface area (Å²) in [7, 11) is 0. The molecular weight excluding hydrogens is 176 g/mol. The zero-order valence-corrected chi connectivity index (χ0v) is 8.64. The summed E-state index contributed by atoms with van der Waals surface area (Å²) in [5.74, 6) is 0.979. The largest absolute Gasteiger partial charge is 0.352 e. The van der Waals surface area contributed by atoms with Crippen LogP contribution in [-0.2, 0) is 0 Å². The van der Waals surface area contributed by atoms with Gasteiger partial charge in [0.25, 0.3) is 0 Å². The quantitative estimate of drug-likeness (QED) is 0.710. The van der Waals surface area contributed by atoms with Gasteiger partial charge in [-0.2, -0.15) is 0 Å². The van der Waals surface area contributed by atoms with Crippen molar-refractivity contribution in [3.8, 4) is 0 Å². The van der Waals surface area contributed by atoms with Gasteiger partial charge in [-0.15, -0.1) is 0 Å². The van der Waals surface area contributed by atoms with Crippen LogP contribution in [0.4, 0.5) is 5.82 Å². The molecule has 0 spiro atoms. The van der Waals surface area contributed by atoms with Gasteiger partial charge >= 0.3 is 0 Å². The van der Waals surface area contributed by atoms with Crippen LogP contribution in [0.2, 0.25) is 0 Å². The summed E-state index contributed by atoms with van der Waals surface area (Å²) in [5.41, 5.74) is 0. The monoisotopic (exact) mass is 192 g/mol. The molecule has 4 nitrogen and oxygen atoms in total. The second-order valence-corrected chi connectivity index (χ2v) is 3.94. The molecule has 0 aromatic carbocycles. The minimum absolute atomic E-state index is 0.515. The average molecular weight is 192 g/mol. The Labute approximate surface area is 84.4 Å². The molecule has 0 radical (unpaired) electrons. The maximum absolute atomic E-state index is 4.31. The summed E-state index contributed by atoms with van der Waals surface area (Å²) in [6.45, 7) is 6.39. The Hall–Kier alpha value is -1.16. The molecule has 4 heteroatoms. The number of nitrogens with one attached hydrogen (secondary N) is 1. The molecule has 1 aliphatic heterocycles. The Morgan fingerprint density at radius 1 is 1.29 bits per heavy atom. The first-order valence-electron chi connectivity index (χ1n) is 5.02. The number of piperazine rings is 1. The first-order chi connectivity index (χ1) is 6.75. The molecule has 14 heavy (non-hydrogen) atoms. The van der Waals surface area contributed by atoms with Crippen LogP contribution in [0.15, 0.2) is 18.6 Å². The molecule has 0 amide bonds. The SMILES string of the molecule is C[C@@H]1CN(c2cnccn2)C[C@H](C)N1. The molecule has 1 aromatic rings. The van der Waals surface area contributed by atoms with E-state index in [-0.39, 0.29) is 0 Å². The third kappa shape index (κ3) is 2.01. The molecule has 1 fully saturated rings. The van der Waals surface area contributed by atoms with Gasteiger partial charge in [-0.1, -0.05) is 0 Å². The summed E-state index contributed by atoms with van der Waals surface area (Å²) in [5, 5.41) is 3.49. The second kappa shape index (κ2) is 3.92. The van der Waals surface area contributed by atoms with Gasteiger partial charge in [0.2, 0.25) is 0 Å². The van der Waals surface area contributed by atoms with Gasteiger partial charge in [-0.25, -0.2) is 4.98 Å². The minimum Gasteiger partial charge on any atom is -0.352 e. The van der Waals surface area contributed by atoms with Crippen molar-refractivity contribution < 1.29 is 0 Å². The lowest BCUT2D eigenvalue weighted by atomic mass is 10.1. The van der Waals surface area contributed by atoms with Gasteiger partial charge < -0.3 is 10.2 Å². The van der Waals surface area contributed by atoms with E-state index >= 15 is 0 Å². The normalized spacial score (nSPS) is 27.7. The lowest BCUT2D eigenvalue weighted by molar-refractivity contribution is 0.405. The highest BCUT2D eigenvalue weighted by Gasteiger charge is 2.21. The van der Waals surface area contributed by atoms with E-state index in [0.29, 0.717) is 12.1 Å². The number of anilines is 1. The van der Waals surface area contributed by atoms with Crippen molar-refractivity contribution in [1.29, 1.82) is 0 Å². The van der Waals surface area contributed by atoms with E-state index in [1.165, 1.54) is 0 Å². The Bertz CT molecular complexity index is 277. The highest BCUT2D eigenvalue weighted by atomic mass is 15.3. The van der Waals surface area contributed by atoms with Crippen LogP contribution in [-0.4, -0.2) is 35.1 Å². The first-order valence-corrected chi connectivity index (χ1v) is 5.02. The third-order valence-corrected chi connectivity index (χ3v) is 2.43. The fourth-order valence-corrected chi connectivity index (χ4v) is 1.97. The molecular formula is C10H16N4. The maximum atomic E-state index is 4.31. The van der Waals surface area contributed by atoms with Gasteiger partial charge in [0, 0.05) is 37.6 Å². The second-order valence-electron chi connectivity index (χ2n) is 3.94. The fraction of sp³-hybridized carbons (Fsp3) is 0.600. The first kappa shape index (κ1) is 9.40. The van der Waals surface area contributed by atoms with E-state index in [4.69, 9.17) is 0 Å². The summed E-state index contributed by atoms with van der Waals surface area (Å²) in [4.78, 5) is 10.7. The number of hydrogen-bond acceptors (Lipinski definition) is 4. The molecule has 0 unspecified atom stereocenters. The molecule has 1 N–H and O–H groups in total. The van der Waals surface area contributed by atoms with Crippen LogP contribution in [0.5, 0.6) is 0 Å². The predicted octanol–water partition coefficient (Wildman–Crippen LogP) is 0.663. The number of nitrogens with zero attached hydrogens (tertiary/aromatic N) is 3. The van der Waals surface area contributed by atoms with Crippen molar-refractivity contribution in [1.82, 2.24) is 15.3 Å². The van der Waals surface area contributed by atoms with E-state index in [2.05, 4.69) is 34.0 Å². The Morgan fingerprint density at radius 3 is 2.57 bits per heavy atom. The average Bonchev–Trinajstić information content (AvgIpc) is 2.18. The summed E-state index contributed by atoms with van der Waals surface area (Å²) in [6.07, 6.45) is 5.27. The van der Waals surface area contributed by atoms with Crippen LogP contribution < -0.4 is 10.2 Å². The van der Waals surface area contributed by atoms with Crippen LogP contribution in [0, 0.1) is 0 Å². The summed E-state index contributed by atoms with van der Waals surface area (Å²) in [6, 6.07) is 1.03. The van der Waals surface area contributed by atoms with E-state index < -0.39 is 0 Å². The van der Waals surface area contributed by atoms with Crippen molar-refractivity contribution in [2.75, 3.05) is 18.0 Å². The minimum atomic E-state index is 0.515. The third-order valence-electron chi connectivity index (χ3n) is 2.43. The molecule has 1 aliphatic rings. The van der Waals surface area contributed by atoms with E-state index in [1.807, 2.05) is 6.20 Å². The lowest BCUT2D eigenvalue weighted by Gasteiger charge is -2.36. The Balaban J connectivity index is 2.11. The number of aromatic nitrogens is 2. The Kier molecular flexibility index (Phi) is 2.63. The highest BCUT2D eigenvalue weighted by molar-refractivity contribution is 5.36. The molecule has 2 atom stereocenters. The van der Waals surface area contributed by atoms with Crippen molar-refractivity contribution in [2.24, 2.45) is 0 Å². The summed E-state index contributed by atoms with van der Waals surface area (Å²) < 4.78 is 0. The topological polar surface area (TPSA) is 41.1 Å². The van der Waals surface area contributed by atoms with Gasteiger partial charge in [0.1, 0.15) is 5.82 Å². The van der Waals surface area contributed by atoms with E-state index in [0.717, 1.165) is 18.9 Å². The summed E-state index contributed by atoms with van der Waals surface area (Å²) >= 11 is 0. The highest BCUT2D eigenvalue weighted by Crippen LogP contribution is 2.12. The molecule has 1 saturated heterocycles. The van der Waals surface area contributed by atoms with Crippen LogP contribution in [0.3, 0.4) is 0 Å². The standard InChI is InChI=1S/C10H16N4/c1-8-6-14(7-9(2)13-8)10-5-11-3-4-12-10/h3-5,8-9,13H,6-7H2,1-2H3/t8-,9+. The molecule has 0 saturated carbocycles. The smallest absolute Gasteiger partial charge is 0.147 e. The predicted molar refractivity (Wildman–Crippen MR) is 56.3 cm³/mol. The number of hydrogen-bond donors (Lipinski definition) is 1. The maximum Gasteiger partial charge on any atom is 0.147 e. The van der Waals surface area contributed by atoms with Crippen LogP contribution >= 0.6 is 0 Å². The van der Waals surface area contributed by atoms with Crippen LogP contribution in [0.25, 0.3) is 0 Å². The zero-order valence-electron chi connectivity index (χ0n) is 8.64. The number of rotatable bonds is 1. The van der Waals surface area contributed by atoms with E-state index in [9.17, 15) is 0 Å². The van der Waals surface area contributed by atoms with Gasteiger partial charge in [-0.05, 0) is 13.8 Å². The zero-order chi connectivity index (χ0) is 9.97. The van der Waals surface area contributed by atoms with Crippen molar-refractivity contribution in [2.45, 2.75) is 25.9 Å². The molecule has 76 valence electrons. The van der Waals surface area contributed by atoms with Crippen molar-refractivity contribution in [3.63, 3.8) is 0 Å². The van der Waals surface area contributed by atoms with Crippen LogP contribution in [0.1, 0.15) is 13.8 Å². The molecule has 0 aliphatic carbocycles. The van der Waals surface area contributed by atoms with Gasteiger partial charge in [0.05, 0.1) is 6.20 Å². The van der Waals surface area contributed by atoms with Crippen molar-refractivity contribution >= 4 is 5.82 Å². The van der Waals surface area contributed by atoms with Crippen molar-refractivity contribution in [3.05, 3.63) is 18.6 Å². The molecule has 2 rings (SSSR count). The van der Waals surface area contributed by atoms with E-state index in [1.54, 1.807) is 12.4 Å². The van der Waals surface area contributed by atoms with Gasteiger partial charge in [0.15, 0.2) is 0 Å². The molecule has 0 bridgehead atoms. The molecule has 2 heterocycles. The molecule has 1 aromatic heterocycles. The lowest BCUT2D eigenvalue weighted by Crippen LogP contribution is -2.54. The Morgan fingerprint density at radius 2 is 2.00 bits per heavy atom. The fourth-order valence-electron chi connectivity index (χ4n) is 1.97.